The van der Waals surface area contributed by atoms with E-state index in [2.05, 4.69) is 26.0 Å². The highest BCUT2D eigenvalue weighted by Crippen LogP contribution is 2.24. The number of hydrogen-bond donors (Lipinski definition) is 4. The minimum Gasteiger partial charge on any atom is -0.462 e. The van der Waals surface area contributed by atoms with Crippen LogP contribution in [0.1, 0.15) is 206 Å². The van der Waals surface area contributed by atoms with Gasteiger partial charge < -0.3 is 34.3 Å². The average Bonchev–Trinajstić information content (AvgIpc) is 3.18. The van der Waals surface area contributed by atoms with Gasteiger partial charge in [-0.3, -0.25) is 14.1 Å². The van der Waals surface area contributed by atoms with Gasteiger partial charge in [-0.05, 0) is 38.5 Å². The summed E-state index contributed by atoms with van der Waals surface area (Å²) in [5, 5.41) is 30.9. The molecule has 1 aliphatic rings. The van der Waals surface area contributed by atoms with Gasteiger partial charge in [-0.15, -0.1) is 0 Å². The summed E-state index contributed by atoms with van der Waals surface area (Å²) in [6, 6.07) is 0. The van der Waals surface area contributed by atoms with E-state index in [0.717, 1.165) is 57.8 Å². The molecule has 6 atom stereocenters. The maximum absolute atomic E-state index is 12.8. The minimum absolute atomic E-state index is 0.168. The number of ether oxygens (including phenoxy) is 4. The van der Waals surface area contributed by atoms with Crippen LogP contribution in [0.4, 0.5) is 0 Å². The molecule has 1 fully saturated rings. The highest BCUT2D eigenvalue weighted by atomic mass is 32.2. The topological polar surface area (TPSA) is 186 Å². The van der Waals surface area contributed by atoms with Crippen molar-refractivity contribution in [1.82, 2.24) is 0 Å². The number of aliphatic hydroxyl groups is 3. The molecule has 0 amide bonds. The highest BCUT2D eigenvalue weighted by Gasteiger charge is 2.46. The molecule has 2 unspecified atom stereocenters. The SMILES string of the molecule is CCCCCC/C=C/CCCCCCCC(=O)OC[C@H](CO[C@H]1O[C@H](CS(=O)(=O)O)[C@@H](O)C(O)C1O)OC(=O)CCCCCCCCCCCCCCCCCCC. The van der Waals surface area contributed by atoms with E-state index in [-0.39, 0.29) is 19.4 Å². The molecule has 4 N–H and O–H groups in total. The van der Waals surface area contributed by atoms with Crippen LogP contribution in [0, 0.1) is 0 Å². The van der Waals surface area contributed by atoms with Crippen LogP contribution in [0.5, 0.6) is 0 Å². The lowest BCUT2D eigenvalue weighted by Crippen LogP contribution is -2.60. The summed E-state index contributed by atoms with van der Waals surface area (Å²) in [5.74, 6) is -1.98. The number of hydrogen-bond acceptors (Lipinski definition) is 11. The molecule has 0 saturated carbocycles. The molecule has 0 bridgehead atoms. The Labute approximate surface area is 352 Å². The van der Waals surface area contributed by atoms with E-state index in [0.29, 0.717) is 12.8 Å². The summed E-state index contributed by atoms with van der Waals surface area (Å²) in [6.45, 7) is 3.75. The van der Waals surface area contributed by atoms with E-state index < -0.39 is 71.2 Å². The Bertz CT molecular complexity index is 1130. The van der Waals surface area contributed by atoms with Crippen LogP contribution in [-0.2, 0) is 38.7 Å². The van der Waals surface area contributed by atoms with E-state index >= 15 is 0 Å². The molecule has 12 nitrogen and oxygen atoms in total. The number of carbonyl (C=O) groups is 2. The first-order chi connectivity index (χ1) is 28.0. The molecule has 0 spiro atoms. The normalized spacial score (nSPS) is 20.4. The maximum Gasteiger partial charge on any atom is 0.306 e. The first-order valence-electron chi connectivity index (χ1n) is 23.2. The molecular weight excluding hydrogens is 765 g/mol. The Hall–Kier alpha value is -1.61. The van der Waals surface area contributed by atoms with Crippen molar-refractivity contribution in [2.24, 2.45) is 0 Å². The van der Waals surface area contributed by atoms with Crippen LogP contribution in [0.15, 0.2) is 12.2 Å². The predicted molar refractivity (Wildman–Crippen MR) is 229 cm³/mol. The van der Waals surface area contributed by atoms with Crippen LogP contribution in [-0.4, -0.2) is 96.0 Å². The lowest BCUT2D eigenvalue weighted by atomic mass is 10.00. The summed E-state index contributed by atoms with van der Waals surface area (Å²) in [5.41, 5.74) is 0. The predicted octanol–water partition coefficient (Wildman–Crippen LogP) is 9.45. The van der Waals surface area contributed by atoms with E-state index in [9.17, 15) is 37.9 Å². The average molecular weight is 849 g/mol. The standard InChI is InChI=1S/C45H84O12S/c1-3-5-7-9-11-13-15-17-18-19-20-22-24-26-28-30-32-34-41(47)56-38(36-55-45-44(50)43(49)42(48)39(57-45)37-58(51,52)53)35-54-40(46)33-31-29-27-25-23-21-16-14-12-10-8-6-4-2/h14,16,38-39,42-45,48-50H,3-13,15,17-37H2,1-2H3,(H,51,52,53)/b16-14+/t38-,39-,42-,43?,44?,45+/m1/s1. The summed E-state index contributed by atoms with van der Waals surface area (Å²) < 4.78 is 54.1. The first-order valence-corrected chi connectivity index (χ1v) is 24.9. The third-order valence-electron chi connectivity index (χ3n) is 10.8. The Morgan fingerprint density at radius 1 is 0.569 bits per heavy atom. The number of carbonyl (C=O) groups excluding carboxylic acids is 2. The quantitative estimate of drug-likeness (QED) is 0.0199. The van der Waals surface area contributed by atoms with Gasteiger partial charge in [-0.25, -0.2) is 0 Å². The fourth-order valence-electron chi connectivity index (χ4n) is 7.20. The fourth-order valence-corrected chi connectivity index (χ4v) is 7.89. The molecule has 0 aromatic rings. The summed E-state index contributed by atoms with van der Waals surface area (Å²) in [7, 11) is -4.60. The second-order valence-corrected chi connectivity index (χ2v) is 17.9. The summed E-state index contributed by atoms with van der Waals surface area (Å²) in [6.07, 6.45) is 28.3. The number of aliphatic hydroxyl groups excluding tert-OH is 3. The van der Waals surface area contributed by atoms with Gasteiger partial charge in [-0.1, -0.05) is 167 Å². The summed E-state index contributed by atoms with van der Waals surface area (Å²) in [4.78, 5) is 25.4. The smallest absolute Gasteiger partial charge is 0.306 e. The van der Waals surface area contributed by atoms with Crippen LogP contribution in [0.3, 0.4) is 0 Å². The van der Waals surface area contributed by atoms with Crippen LogP contribution in [0.2, 0.25) is 0 Å². The van der Waals surface area contributed by atoms with E-state index in [1.165, 1.54) is 109 Å². The molecule has 58 heavy (non-hydrogen) atoms. The molecule has 342 valence electrons. The number of unbranched alkanes of at least 4 members (excludes halogenated alkanes) is 25. The molecule has 1 heterocycles. The Balaban J connectivity index is 2.42. The Morgan fingerprint density at radius 3 is 1.45 bits per heavy atom. The molecule has 0 aromatic carbocycles. The summed E-state index contributed by atoms with van der Waals surface area (Å²) >= 11 is 0. The zero-order valence-corrected chi connectivity index (χ0v) is 37.2. The second-order valence-electron chi connectivity index (χ2n) is 16.4. The van der Waals surface area contributed by atoms with Gasteiger partial charge in [-0.2, -0.15) is 8.42 Å². The third kappa shape index (κ3) is 30.4. The molecule has 1 saturated heterocycles. The lowest BCUT2D eigenvalue weighted by Gasteiger charge is -2.40. The number of allylic oxidation sites excluding steroid dienone is 2. The minimum atomic E-state index is -4.60. The number of esters is 2. The lowest BCUT2D eigenvalue weighted by molar-refractivity contribution is -0.297. The van der Waals surface area contributed by atoms with Gasteiger partial charge in [0, 0.05) is 12.8 Å². The molecule has 0 aliphatic carbocycles. The maximum atomic E-state index is 12.8. The van der Waals surface area contributed by atoms with Gasteiger partial charge >= 0.3 is 11.9 Å². The van der Waals surface area contributed by atoms with Crippen LogP contribution in [0.25, 0.3) is 0 Å². The monoisotopic (exact) mass is 849 g/mol. The Kier molecular flexibility index (Phi) is 33.8. The molecule has 0 radical (unpaired) electrons. The van der Waals surface area contributed by atoms with Crippen molar-refractivity contribution in [1.29, 1.82) is 0 Å². The van der Waals surface area contributed by atoms with Crippen molar-refractivity contribution in [3.8, 4) is 0 Å². The largest absolute Gasteiger partial charge is 0.462 e. The third-order valence-corrected chi connectivity index (χ3v) is 11.6. The van der Waals surface area contributed by atoms with E-state index in [1.807, 2.05) is 0 Å². The van der Waals surface area contributed by atoms with Gasteiger partial charge in [0.15, 0.2) is 12.4 Å². The molecule has 0 aromatic heterocycles. The first kappa shape index (κ1) is 54.4. The van der Waals surface area contributed by atoms with Crippen molar-refractivity contribution in [3.05, 3.63) is 12.2 Å². The van der Waals surface area contributed by atoms with Crippen molar-refractivity contribution in [3.63, 3.8) is 0 Å². The highest BCUT2D eigenvalue weighted by molar-refractivity contribution is 7.85. The van der Waals surface area contributed by atoms with E-state index in [1.54, 1.807) is 0 Å². The van der Waals surface area contributed by atoms with Crippen molar-refractivity contribution < 1.29 is 56.8 Å². The van der Waals surface area contributed by atoms with Gasteiger partial charge in [0.25, 0.3) is 10.1 Å². The van der Waals surface area contributed by atoms with Crippen molar-refractivity contribution in [2.45, 2.75) is 243 Å². The molecular formula is C45H84O12S. The van der Waals surface area contributed by atoms with Crippen molar-refractivity contribution >= 4 is 22.1 Å². The second kappa shape index (κ2) is 36.1. The van der Waals surface area contributed by atoms with Crippen LogP contribution >= 0.6 is 0 Å². The number of rotatable bonds is 39. The van der Waals surface area contributed by atoms with Gasteiger partial charge in [0.1, 0.15) is 36.8 Å². The van der Waals surface area contributed by atoms with Gasteiger partial charge in [0.05, 0.1) is 6.61 Å². The zero-order chi connectivity index (χ0) is 42.7. The van der Waals surface area contributed by atoms with Crippen molar-refractivity contribution in [2.75, 3.05) is 19.0 Å². The van der Waals surface area contributed by atoms with E-state index in [4.69, 9.17) is 18.9 Å². The van der Waals surface area contributed by atoms with Gasteiger partial charge in [0.2, 0.25) is 0 Å². The molecule has 1 aliphatic heterocycles. The molecule has 13 heteroatoms. The zero-order valence-electron chi connectivity index (χ0n) is 36.4. The van der Waals surface area contributed by atoms with Crippen LogP contribution < -0.4 is 0 Å². The molecule has 1 rings (SSSR count). The Morgan fingerprint density at radius 2 is 0.983 bits per heavy atom. The fraction of sp³-hybridized carbons (Fsp3) is 0.911.